The minimum Gasteiger partial charge on any atom is -0.495 e. The standard InChI is InChI=1S/C21H16ClN3O4/c1-29-19-12-25(18(21(27)28)8-13-4-6-24-7-5-13)20(26)10-17(19)16-9-15(22)3-2-14(16)11-23/h2-7,9-10,12,18H,8H2,1H3,(H,27,28). The maximum absolute atomic E-state index is 12.8. The molecule has 1 atom stereocenters. The van der Waals surface area contributed by atoms with Crippen LogP contribution in [0.2, 0.25) is 5.02 Å². The van der Waals surface area contributed by atoms with Crippen LogP contribution in [0.25, 0.3) is 11.1 Å². The molecule has 1 unspecified atom stereocenters. The Hall–Kier alpha value is -3.63. The van der Waals surface area contributed by atoms with Crippen molar-refractivity contribution in [1.82, 2.24) is 9.55 Å². The van der Waals surface area contributed by atoms with Gasteiger partial charge in [-0.05, 0) is 35.9 Å². The molecule has 0 amide bonds. The van der Waals surface area contributed by atoms with Crippen LogP contribution in [0.5, 0.6) is 5.75 Å². The smallest absolute Gasteiger partial charge is 0.327 e. The average Bonchev–Trinajstić information content (AvgIpc) is 2.72. The molecule has 146 valence electrons. The second-order valence-corrected chi connectivity index (χ2v) is 6.65. The van der Waals surface area contributed by atoms with Gasteiger partial charge in [-0.3, -0.25) is 14.3 Å². The Balaban J connectivity index is 2.13. The molecule has 2 heterocycles. The number of nitrogens with zero attached hydrogens (tertiary/aromatic N) is 3. The number of hydrogen-bond acceptors (Lipinski definition) is 5. The van der Waals surface area contributed by atoms with Crippen molar-refractivity contribution < 1.29 is 14.6 Å². The molecule has 0 saturated carbocycles. The van der Waals surface area contributed by atoms with Gasteiger partial charge in [0.2, 0.25) is 0 Å². The summed E-state index contributed by atoms with van der Waals surface area (Å²) in [7, 11) is 1.41. The highest BCUT2D eigenvalue weighted by Gasteiger charge is 2.24. The number of nitriles is 1. The predicted octanol–water partition coefficient (Wildman–Crippen LogP) is 3.31. The van der Waals surface area contributed by atoms with Gasteiger partial charge >= 0.3 is 5.97 Å². The van der Waals surface area contributed by atoms with Gasteiger partial charge in [-0.1, -0.05) is 11.6 Å². The minimum absolute atomic E-state index is 0.0981. The number of rotatable bonds is 6. The van der Waals surface area contributed by atoms with Crippen molar-refractivity contribution in [2.75, 3.05) is 7.11 Å². The Labute approximate surface area is 171 Å². The first-order valence-corrected chi connectivity index (χ1v) is 8.94. The van der Waals surface area contributed by atoms with Crippen LogP contribution in [-0.2, 0) is 11.2 Å². The number of carboxylic acid groups (broad SMARTS) is 1. The summed E-state index contributed by atoms with van der Waals surface area (Å²) < 4.78 is 6.51. The first-order valence-electron chi connectivity index (χ1n) is 8.56. The zero-order valence-electron chi connectivity index (χ0n) is 15.4. The van der Waals surface area contributed by atoms with Gasteiger partial charge in [-0.15, -0.1) is 0 Å². The van der Waals surface area contributed by atoms with Gasteiger partial charge in [0.15, 0.2) is 0 Å². The van der Waals surface area contributed by atoms with Gasteiger partial charge in [0.05, 0.1) is 24.9 Å². The van der Waals surface area contributed by atoms with Crippen LogP contribution in [0.1, 0.15) is 17.2 Å². The van der Waals surface area contributed by atoms with Crippen molar-refractivity contribution in [2.45, 2.75) is 12.5 Å². The van der Waals surface area contributed by atoms with E-state index in [2.05, 4.69) is 11.1 Å². The van der Waals surface area contributed by atoms with E-state index >= 15 is 0 Å². The summed E-state index contributed by atoms with van der Waals surface area (Å²) >= 11 is 6.06. The fraction of sp³-hybridized carbons (Fsp3) is 0.143. The fourth-order valence-electron chi connectivity index (χ4n) is 3.03. The maximum atomic E-state index is 12.8. The molecule has 0 radical (unpaired) electrons. The molecule has 7 nitrogen and oxygen atoms in total. The molecule has 3 rings (SSSR count). The quantitative estimate of drug-likeness (QED) is 0.669. The molecule has 0 aliphatic rings. The average molecular weight is 410 g/mol. The van der Waals surface area contributed by atoms with Gasteiger partial charge in [-0.25, -0.2) is 4.79 Å². The number of pyridine rings is 2. The van der Waals surface area contributed by atoms with Crippen LogP contribution in [0.15, 0.2) is 59.8 Å². The number of ether oxygens (including phenoxy) is 1. The molecule has 2 aromatic heterocycles. The Bertz CT molecular complexity index is 1150. The van der Waals surface area contributed by atoms with Crippen molar-refractivity contribution in [3.05, 3.63) is 81.5 Å². The van der Waals surface area contributed by atoms with Gasteiger partial charge < -0.3 is 9.84 Å². The van der Waals surface area contributed by atoms with Crippen LogP contribution in [0, 0.1) is 11.3 Å². The number of carboxylic acids is 1. The van der Waals surface area contributed by atoms with E-state index in [0.29, 0.717) is 21.7 Å². The summed E-state index contributed by atoms with van der Waals surface area (Å²) in [4.78, 5) is 28.6. The Kier molecular flexibility index (Phi) is 5.96. The minimum atomic E-state index is -1.15. The van der Waals surface area contributed by atoms with Gasteiger partial charge in [-0.2, -0.15) is 5.26 Å². The van der Waals surface area contributed by atoms with Crippen LogP contribution in [0.3, 0.4) is 0 Å². The number of carbonyl (C=O) groups is 1. The van der Waals surface area contributed by atoms with Crippen molar-refractivity contribution in [2.24, 2.45) is 0 Å². The lowest BCUT2D eigenvalue weighted by Gasteiger charge is -2.19. The van der Waals surface area contributed by atoms with Gasteiger partial charge in [0, 0.05) is 41.0 Å². The van der Waals surface area contributed by atoms with E-state index in [4.69, 9.17) is 16.3 Å². The van der Waals surface area contributed by atoms with Crippen molar-refractivity contribution in [3.8, 4) is 22.9 Å². The summed E-state index contributed by atoms with van der Waals surface area (Å²) in [5, 5.41) is 19.5. The number of benzene rings is 1. The Morgan fingerprint density at radius 2 is 2.00 bits per heavy atom. The number of halogens is 1. The van der Waals surface area contributed by atoms with E-state index in [0.717, 1.165) is 10.1 Å². The normalized spacial score (nSPS) is 11.5. The molecule has 0 spiro atoms. The summed E-state index contributed by atoms with van der Waals surface area (Å²) in [6.45, 7) is 0. The fourth-order valence-corrected chi connectivity index (χ4v) is 3.20. The van der Waals surface area contributed by atoms with E-state index < -0.39 is 17.6 Å². The second-order valence-electron chi connectivity index (χ2n) is 6.22. The third-order valence-corrected chi connectivity index (χ3v) is 4.69. The van der Waals surface area contributed by atoms with Gasteiger partial charge in [0.1, 0.15) is 11.8 Å². The van der Waals surface area contributed by atoms with Crippen LogP contribution < -0.4 is 10.3 Å². The first kappa shape index (κ1) is 20.1. The number of aromatic nitrogens is 2. The van der Waals surface area contributed by atoms with Crippen molar-refractivity contribution in [3.63, 3.8) is 0 Å². The molecule has 0 aliphatic carbocycles. The third-order valence-electron chi connectivity index (χ3n) is 4.46. The summed E-state index contributed by atoms with van der Waals surface area (Å²) in [6.07, 6.45) is 4.56. The summed E-state index contributed by atoms with van der Waals surface area (Å²) in [6, 6.07) is 10.2. The number of aliphatic carboxylic acids is 1. The van der Waals surface area contributed by atoms with E-state index in [1.54, 1.807) is 42.7 Å². The van der Waals surface area contributed by atoms with Crippen molar-refractivity contribution >= 4 is 17.6 Å². The van der Waals surface area contributed by atoms with Crippen LogP contribution >= 0.6 is 11.6 Å². The molecule has 8 heteroatoms. The molecule has 3 aromatic rings. The molecule has 1 aromatic carbocycles. The lowest BCUT2D eigenvalue weighted by molar-refractivity contribution is -0.141. The predicted molar refractivity (Wildman–Crippen MR) is 107 cm³/mol. The zero-order chi connectivity index (χ0) is 21.0. The van der Waals surface area contributed by atoms with Crippen LogP contribution in [0.4, 0.5) is 0 Å². The lowest BCUT2D eigenvalue weighted by Crippen LogP contribution is -2.31. The van der Waals surface area contributed by atoms with E-state index in [-0.39, 0.29) is 12.2 Å². The molecule has 1 N–H and O–H groups in total. The molecule has 0 saturated heterocycles. The first-order chi connectivity index (χ1) is 13.9. The zero-order valence-corrected chi connectivity index (χ0v) is 16.1. The topological polar surface area (TPSA) is 105 Å². The lowest BCUT2D eigenvalue weighted by atomic mass is 10.00. The van der Waals surface area contributed by atoms with Crippen molar-refractivity contribution in [1.29, 1.82) is 5.26 Å². The number of hydrogen-bond donors (Lipinski definition) is 1. The SMILES string of the molecule is COc1cn(C(Cc2ccncc2)C(=O)O)c(=O)cc1-c1cc(Cl)ccc1C#N. The van der Waals surface area contributed by atoms with Crippen LogP contribution in [-0.4, -0.2) is 27.7 Å². The Morgan fingerprint density at radius 3 is 2.62 bits per heavy atom. The second kappa shape index (κ2) is 8.59. The van der Waals surface area contributed by atoms with Gasteiger partial charge in [0.25, 0.3) is 5.56 Å². The van der Waals surface area contributed by atoms with E-state index in [1.165, 1.54) is 19.4 Å². The van der Waals surface area contributed by atoms with E-state index in [1.807, 2.05) is 0 Å². The highest BCUT2D eigenvalue weighted by molar-refractivity contribution is 6.31. The summed E-state index contributed by atoms with van der Waals surface area (Å²) in [5.74, 6) is -0.900. The summed E-state index contributed by atoms with van der Waals surface area (Å²) in [5.41, 5.74) is 1.30. The largest absolute Gasteiger partial charge is 0.495 e. The highest BCUT2D eigenvalue weighted by atomic mass is 35.5. The Morgan fingerprint density at radius 1 is 1.28 bits per heavy atom. The molecular weight excluding hydrogens is 394 g/mol. The van der Waals surface area contributed by atoms with E-state index in [9.17, 15) is 20.0 Å². The maximum Gasteiger partial charge on any atom is 0.327 e. The molecular formula is C21H16ClN3O4. The molecule has 0 fully saturated rings. The monoisotopic (exact) mass is 409 g/mol. The number of methoxy groups -OCH3 is 1. The molecule has 0 aliphatic heterocycles. The third kappa shape index (κ3) is 4.28. The molecule has 29 heavy (non-hydrogen) atoms. The highest BCUT2D eigenvalue weighted by Crippen LogP contribution is 2.33. The molecule has 0 bridgehead atoms.